The maximum atomic E-state index is 13.1. The SMILES string of the molecule is CCNC(=NCCc1ccc(F)cc1Cl)N1CCC(CN(CC)CC)C1.I. The first-order chi connectivity index (χ1) is 12.6. The molecule has 1 N–H and O–H groups in total. The Labute approximate surface area is 185 Å². The highest BCUT2D eigenvalue weighted by Crippen LogP contribution is 2.19. The third kappa shape index (κ3) is 7.74. The van der Waals surface area contributed by atoms with Gasteiger partial charge in [0.15, 0.2) is 5.96 Å². The van der Waals surface area contributed by atoms with Gasteiger partial charge in [0.25, 0.3) is 0 Å². The number of halogens is 3. The molecule has 1 heterocycles. The van der Waals surface area contributed by atoms with Crippen LogP contribution in [0, 0.1) is 11.7 Å². The van der Waals surface area contributed by atoms with Gasteiger partial charge in [0, 0.05) is 37.7 Å². The summed E-state index contributed by atoms with van der Waals surface area (Å²) in [4.78, 5) is 9.63. The van der Waals surface area contributed by atoms with E-state index in [-0.39, 0.29) is 29.8 Å². The molecule has 154 valence electrons. The Kier molecular flexibility index (Phi) is 11.6. The molecule has 0 bridgehead atoms. The van der Waals surface area contributed by atoms with Crippen LogP contribution in [0.1, 0.15) is 32.8 Å². The lowest BCUT2D eigenvalue weighted by atomic mass is 10.1. The van der Waals surface area contributed by atoms with E-state index in [1.807, 2.05) is 0 Å². The van der Waals surface area contributed by atoms with Gasteiger partial charge in [0.2, 0.25) is 0 Å². The summed E-state index contributed by atoms with van der Waals surface area (Å²) in [6, 6.07) is 4.56. The van der Waals surface area contributed by atoms with Crippen LogP contribution in [0.2, 0.25) is 5.02 Å². The molecule has 0 spiro atoms. The maximum Gasteiger partial charge on any atom is 0.193 e. The Morgan fingerprint density at radius 1 is 1.33 bits per heavy atom. The molecule has 2 rings (SSSR count). The van der Waals surface area contributed by atoms with Crippen LogP contribution in [0.15, 0.2) is 23.2 Å². The monoisotopic (exact) mass is 510 g/mol. The predicted molar refractivity (Wildman–Crippen MR) is 124 cm³/mol. The zero-order valence-corrected chi connectivity index (χ0v) is 19.8. The first-order valence-corrected chi connectivity index (χ1v) is 10.1. The summed E-state index contributed by atoms with van der Waals surface area (Å²) in [5.74, 6) is 1.38. The molecule has 4 nitrogen and oxygen atoms in total. The lowest BCUT2D eigenvalue weighted by molar-refractivity contribution is 0.255. The van der Waals surface area contributed by atoms with Crippen LogP contribution in [0.4, 0.5) is 4.39 Å². The molecule has 0 aromatic heterocycles. The van der Waals surface area contributed by atoms with E-state index in [0.29, 0.717) is 23.9 Å². The summed E-state index contributed by atoms with van der Waals surface area (Å²) in [7, 11) is 0. The number of hydrogen-bond donors (Lipinski definition) is 1. The second-order valence-electron chi connectivity index (χ2n) is 6.81. The van der Waals surface area contributed by atoms with Crippen molar-refractivity contribution in [2.75, 3.05) is 45.8 Å². The van der Waals surface area contributed by atoms with E-state index < -0.39 is 0 Å². The molecule has 1 fully saturated rings. The van der Waals surface area contributed by atoms with Crippen molar-refractivity contribution in [3.8, 4) is 0 Å². The summed E-state index contributed by atoms with van der Waals surface area (Å²) in [6.45, 7) is 13.5. The third-order valence-corrected chi connectivity index (χ3v) is 5.34. The van der Waals surface area contributed by atoms with Gasteiger partial charge in [0.1, 0.15) is 5.82 Å². The fraction of sp³-hybridized carbons (Fsp3) is 0.650. The molecule has 27 heavy (non-hydrogen) atoms. The van der Waals surface area contributed by atoms with Crippen molar-refractivity contribution in [3.63, 3.8) is 0 Å². The molecule has 0 radical (unpaired) electrons. The number of rotatable bonds is 8. The van der Waals surface area contributed by atoms with E-state index in [1.54, 1.807) is 6.07 Å². The summed E-state index contributed by atoms with van der Waals surface area (Å²) >= 11 is 6.11. The van der Waals surface area contributed by atoms with E-state index in [9.17, 15) is 4.39 Å². The molecular formula is C20H33ClFIN4. The van der Waals surface area contributed by atoms with Gasteiger partial charge >= 0.3 is 0 Å². The first-order valence-electron chi connectivity index (χ1n) is 9.76. The van der Waals surface area contributed by atoms with Crippen molar-refractivity contribution in [1.82, 2.24) is 15.1 Å². The standard InChI is InChI=1S/C20H32ClFN4.HI/c1-4-23-20(24-11-9-17-7-8-18(22)13-19(17)21)26-12-10-16(15-26)14-25(5-2)6-3;/h7-8,13,16H,4-6,9-12,14-15H2,1-3H3,(H,23,24);1H. The number of nitrogens with one attached hydrogen (secondary N) is 1. The number of guanidine groups is 1. The van der Waals surface area contributed by atoms with Crippen molar-refractivity contribution in [2.24, 2.45) is 10.9 Å². The molecule has 0 saturated carbocycles. The topological polar surface area (TPSA) is 30.9 Å². The van der Waals surface area contributed by atoms with E-state index in [0.717, 1.165) is 50.8 Å². The van der Waals surface area contributed by atoms with Crippen LogP contribution in [0.25, 0.3) is 0 Å². The largest absolute Gasteiger partial charge is 0.357 e. The molecule has 1 aliphatic rings. The van der Waals surface area contributed by atoms with Crippen molar-refractivity contribution in [2.45, 2.75) is 33.6 Å². The Bertz CT molecular complexity index is 595. The highest BCUT2D eigenvalue weighted by molar-refractivity contribution is 14.0. The molecule has 1 atom stereocenters. The second-order valence-corrected chi connectivity index (χ2v) is 7.22. The minimum atomic E-state index is -0.299. The molecule has 1 aromatic carbocycles. The van der Waals surface area contributed by atoms with Crippen molar-refractivity contribution in [3.05, 3.63) is 34.6 Å². The Balaban J connectivity index is 0.00000364. The van der Waals surface area contributed by atoms with Gasteiger partial charge in [-0.1, -0.05) is 31.5 Å². The fourth-order valence-corrected chi connectivity index (χ4v) is 3.72. The van der Waals surface area contributed by atoms with E-state index in [2.05, 4.69) is 35.9 Å². The summed E-state index contributed by atoms with van der Waals surface area (Å²) < 4.78 is 13.1. The van der Waals surface area contributed by atoms with Crippen LogP contribution < -0.4 is 5.32 Å². The van der Waals surface area contributed by atoms with Gasteiger partial charge < -0.3 is 15.1 Å². The summed E-state index contributed by atoms with van der Waals surface area (Å²) in [6.07, 6.45) is 1.93. The first kappa shape index (κ1) is 24.4. The quantitative estimate of drug-likeness (QED) is 0.322. The lowest BCUT2D eigenvalue weighted by Gasteiger charge is -2.24. The molecule has 0 amide bonds. The summed E-state index contributed by atoms with van der Waals surface area (Å²) in [5.41, 5.74) is 0.938. The number of hydrogen-bond acceptors (Lipinski definition) is 2. The van der Waals surface area contributed by atoms with Gasteiger partial charge in [-0.05, 0) is 56.5 Å². The maximum absolute atomic E-state index is 13.1. The second kappa shape index (κ2) is 12.8. The Morgan fingerprint density at radius 2 is 2.07 bits per heavy atom. The minimum Gasteiger partial charge on any atom is -0.357 e. The van der Waals surface area contributed by atoms with Crippen LogP contribution in [-0.2, 0) is 6.42 Å². The van der Waals surface area contributed by atoms with E-state index in [4.69, 9.17) is 16.6 Å². The predicted octanol–water partition coefficient (Wildman–Crippen LogP) is 4.27. The average molecular weight is 511 g/mol. The van der Waals surface area contributed by atoms with Crippen LogP contribution in [0.5, 0.6) is 0 Å². The van der Waals surface area contributed by atoms with E-state index >= 15 is 0 Å². The molecular weight excluding hydrogens is 478 g/mol. The number of benzene rings is 1. The average Bonchev–Trinajstić information content (AvgIpc) is 3.09. The van der Waals surface area contributed by atoms with Gasteiger partial charge in [-0.3, -0.25) is 4.99 Å². The highest BCUT2D eigenvalue weighted by atomic mass is 127. The van der Waals surface area contributed by atoms with Crippen LogP contribution in [0.3, 0.4) is 0 Å². The van der Waals surface area contributed by atoms with Gasteiger partial charge in [-0.15, -0.1) is 24.0 Å². The van der Waals surface area contributed by atoms with Crippen molar-refractivity contribution in [1.29, 1.82) is 0 Å². The highest BCUT2D eigenvalue weighted by Gasteiger charge is 2.25. The lowest BCUT2D eigenvalue weighted by Crippen LogP contribution is -2.41. The van der Waals surface area contributed by atoms with Crippen molar-refractivity contribution < 1.29 is 4.39 Å². The smallest absolute Gasteiger partial charge is 0.193 e. The number of nitrogens with zero attached hydrogens (tertiary/aromatic N) is 3. The van der Waals surface area contributed by atoms with Crippen LogP contribution >= 0.6 is 35.6 Å². The molecule has 1 saturated heterocycles. The van der Waals surface area contributed by atoms with Gasteiger partial charge in [0.05, 0.1) is 0 Å². The van der Waals surface area contributed by atoms with E-state index in [1.165, 1.54) is 18.6 Å². The van der Waals surface area contributed by atoms with Gasteiger partial charge in [-0.25, -0.2) is 4.39 Å². The summed E-state index contributed by atoms with van der Waals surface area (Å²) in [5, 5.41) is 3.88. The Hall–Kier alpha value is -0.600. The zero-order chi connectivity index (χ0) is 18.9. The van der Waals surface area contributed by atoms with Crippen molar-refractivity contribution >= 4 is 41.5 Å². The Morgan fingerprint density at radius 3 is 2.70 bits per heavy atom. The third-order valence-electron chi connectivity index (χ3n) is 4.99. The van der Waals surface area contributed by atoms with Gasteiger partial charge in [-0.2, -0.15) is 0 Å². The molecule has 0 aliphatic carbocycles. The number of likely N-dealkylation sites (tertiary alicyclic amines) is 1. The molecule has 1 aliphatic heterocycles. The number of aliphatic imine (C=N–C) groups is 1. The molecule has 1 unspecified atom stereocenters. The molecule has 1 aromatic rings. The fourth-order valence-electron chi connectivity index (χ4n) is 3.45. The zero-order valence-electron chi connectivity index (χ0n) is 16.7. The minimum absolute atomic E-state index is 0. The molecule has 7 heteroatoms. The normalized spacial score (nSPS) is 17.3. The van der Waals surface area contributed by atoms with Crippen LogP contribution in [-0.4, -0.2) is 61.6 Å².